The predicted molar refractivity (Wildman–Crippen MR) is 67.5 cm³/mol. The molecule has 0 aliphatic heterocycles. The minimum atomic E-state index is -0.561. The molecule has 1 unspecified atom stereocenters. The highest BCUT2D eigenvalue weighted by Gasteiger charge is 2.15. The third kappa shape index (κ3) is 4.14. The van der Waals surface area contributed by atoms with E-state index in [1.807, 2.05) is 6.92 Å². The Labute approximate surface area is 108 Å². The summed E-state index contributed by atoms with van der Waals surface area (Å²) < 4.78 is 0.579. The summed E-state index contributed by atoms with van der Waals surface area (Å²) >= 11 is 3.18. The molecule has 1 aromatic heterocycles. The molecule has 1 aromatic rings. The number of rotatable bonds is 4. The molecule has 0 saturated heterocycles. The number of hydrogen-bond acceptors (Lipinski definition) is 3. The van der Waals surface area contributed by atoms with Crippen molar-refractivity contribution < 1.29 is 9.59 Å². The van der Waals surface area contributed by atoms with Crippen LogP contribution in [0, 0.1) is 0 Å². The van der Waals surface area contributed by atoms with Gasteiger partial charge in [-0.2, -0.15) is 0 Å². The van der Waals surface area contributed by atoms with Crippen LogP contribution in [0.4, 0.5) is 0 Å². The number of halogens is 1. The summed E-state index contributed by atoms with van der Waals surface area (Å²) in [6.07, 6.45) is 1.52. The Morgan fingerprint density at radius 1 is 1.53 bits per heavy atom. The van der Waals surface area contributed by atoms with Crippen molar-refractivity contribution in [3.8, 4) is 0 Å². The molecule has 0 spiro atoms. The number of nitrogens with zero attached hydrogens (tertiary/aromatic N) is 1. The maximum atomic E-state index is 11.8. The molecule has 1 rings (SSSR count). The van der Waals surface area contributed by atoms with Crippen LogP contribution in [0.2, 0.25) is 0 Å². The van der Waals surface area contributed by atoms with Crippen LogP contribution < -0.4 is 10.6 Å². The molecular weight excluding hydrogens is 286 g/mol. The molecule has 0 radical (unpaired) electrons. The van der Waals surface area contributed by atoms with Gasteiger partial charge in [-0.05, 0) is 41.9 Å². The molecule has 92 valence electrons. The third-order valence-corrected chi connectivity index (χ3v) is 2.51. The third-order valence-electron chi connectivity index (χ3n) is 2.08. The SMILES string of the molecule is CCNC(=O)C(C)NC(=O)c1ccnc(Br)c1. The molecule has 17 heavy (non-hydrogen) atoms. The number of nitrogens with one attached hydrogen (secondary N) is 2. The molecule has 2 amide bonds. The molecule has 0 fully saturated rings. The van der Waals surface area contributed by atoms with E-state index in [-0.39, 0.29) is 11.8 Å². The van der Waals surface area contributed by atoms with Crippen LogP contribution >= 0.6 is 15.9 Å². The van der Waals surface area contributed by atoms with Crippen LogP contribution in [-0.4, -0.2) is 29.4 Å². The van der Waals surface area contributed by atoms with Crippen LogP contribution in [-0.2, 0) is 4.79 Å². The van der Waals surface area contributed by atoms with Gasteiger partial charge in [0.25, 0.3) is 5.91 Å². The maximum Gasteiger partial charge on any atom is 0.252 e. The summed E-state index contributed by atoms with van der Waals surface area (Å²) in [4.78, 5) is 27.1. The van der Waals surface area contributed by atoms with Gasteiger partial charge in [0, 0.05) is 18.3 Å². The fraction of sp³-hybridized carbons (Fsp3) is 0.364. The Morgan fingerprint density at radius 2 is 2.24 bits per heavy atom. The summed E-state index contributed by atoms with van der Waals surface area (Å²) in [6, 6.07) is 2.62. The van der Waals surface area contributed by atoms with Gasteiger partial charge >= 0.3 is 0 Å². The van der Waals surface area contributed by atoms with Gasteiger partial charge in [-0.1, -0.05) is 0 Å². The van der Waals surface area contributed by atoms with Gasteiger partial charge < -0.3 is 10.6 Å². The van der Waals surface area contributed by atoms with Gasteiger partial charge in [0.05, 0.1) is 0 Å². The first-order valence-corrected chi connectivity index (χ1v) is 6.04. The van der Waals surface area contributed by atoms with E-state index in [9.17, 15) is 9.59 Å². The molecule has 0 bridgehead atoms. The lowest BCUT2D eigenvalue weighted by Crippen LogP contribution is -2.44. The molecule has 1 atom stereocenters. The van der Waals surface area contributed by atoms with Gasteiger partial charge in [0.1, 0.15) is 10.6 Å². The lowest BCUT2D eigenvalue weighted by Gasteiger charge is -2.13. The summed E-state index contributed by atoms with van der Waals surface area (Å²) in [5.74, 6) is -0.499. The summed E-state index contributed by atoms with van der Waals surface area (Å²) in [6.45, 7) is 4.01. The molecule has 5 nitrogen and oxygen atoms in total. The Morgan fingerprint density at radius 3 is 2.82 bits per heavy atom. The van der Waals surface area contributed by atoms with Crippen molar-refractivity contribution >= 4 is 27.7 Å². The molecule has 6 heteroatoms. The molecule has 2 N–H and O–H groups in total. The fourth-order valence-corrected chi connectivity index (χ4v) is 1.58. The van der Waals surface area contributed by atoms with Crippen LogP contribution in [0.15, 0.2) is 22.9 Å². The van der Waals surface area contributed by atoms with E-state index in [0.717, 1.165) is 0 Å². The second-order valence-corrected chi connectivity index (χ2v) is 4.27. The number of hydrogen-bond donors (Lipinski definition) is 2. The van der Waals surface area contributed by atoms with Crippen LogP contribution in [0.25, 0.3) is 0 Å². The topological polar surface area (TPSA) is 71.1 Å². The Bertz CT molecular complexity index is 423. The average Bonchev–Trinajstić information content (AvgIpc) is 2.29. The van der Waals surface area contributed by atoms with Gasteiger partial charge in [0.2, 0.25) is 5.91 Å². The Hall–Kier alpha value is -1.43. The normalized spacial score (nSPS) is 11.7. The maximum absolute atomic E-state index is 11.8. The van der Waals surface area contributed by atoms with Crippen LogP contribution in [0.3, 0.4) is 0 Å². The van der Waals surface area contributed by atoms with E-state index >= 15 is 0 Å². The van der Waals surface area contributed by atoms with Crippen molar-refractivity contribution in [2.45, 2.75) is 19.9 Å². The standard InChI is InChI=1S/C11H14BrN3O2/c1-3-13-10(16)7(2)15-11(17)8-4-5-14-9(12)6-8/h4-7H,3H2,1-2H3,(H,13,16)(H,15,17). The van der Waals surface area contributed by atoms with Crippen molar-refractivity contribution in [2.75, 3.05) is 6.54 Å². The Balaban J connectivity index is 2.63. The van der Waals surface area contributed by atoms with Crippen LogP contribution in [0.1, 0.15) is 24.2 Å². The van der Waals surface area contributed by atoms with Gasteiger partial charge in [0.15, 0.2) is 0 Å². The lowest BCUT2D eigenvalue weighted by atomic mass is 10.2. The largest absolute Gasteiger partial charge is 0.355 e. The van der Waals surface area contributed by atoms with Gasteiger partial charge in [-0.15, -0.1) is 0 Å². The number of likely N-dealkylation sites (N-methyl/N-ethyl adjacent to an activating group) is 1. The van der Waals surface area contributed by atoms with E-state index in [1.54, 1.807) is 19.1 Å². The predicted octanol–water partition coefficient (Wildman–Crippen LogP) is 1.10. The first kappa shape index (κ1) is 13.6. The zero-order valence-electron chi connectivity index (χ0n) is 9.66. The quantitative estimate of drug-likeness (QED) is 0.818. The van der Waals surface area contributed by atoms with Crippen LogP contribution in [0.5, 0.6) is 0 Å². The van der Waals surface area contributed by atoms with Gasteiger partial charge in [-0.3, -0.25) is 9.59 Å². The summed E-state index contributed by atoms with van der Waals surface area (Å²) in [5, 5.41) is 5.25. The second-order valence-electron chi connectivity index (χ2n) is 3.46. The first-order valence-electron chi connectivity index (χ1n) is 5.24. The zero-order valence-corrected chi connectivity index (χ0v) is 11.2. The first-order chi connectivity index (χ1) is 8.04. The van der Waals surface area contributed by atoms with E-state index in [2.05, 4.69) is 31.5 Å². The minimum Gasteiger partial charge on any atom is -0.355 e. The number of carbonyl (C=O) groups is 2. The highest BCUT2D eigenvalue weighted by Crippen LogP contribution is 2.07. The minimum absolute atomic E-state index is 0.200. The molecule has 0 saturated carbocycles. The molecule has 0 aliphatic rings. The number of amides is 2. The van der Waals surface area contributed by atoms with E-state index in [0.29, 0.717) is 16.7 Å². The summed E-state index contributed by atoms with van der Waals surface area (Å²) in [7, 11) is 0. The molecular formula is C11H14BrN3O2. The summed E-state index contributed by atoms with van der Waals surface area (Å²) in [5.41, 5.74) is 0.461. The molecule has 1 heterocycles. The Kier molecular flexibility index (Phi) is 5.09. The van der Waals surface area contributed by atoms with Crippen molar-refractivity contribution in [1.82, 2.24) is 15.6 Å². The van der Waals surface area contributed by atoms with Crippen molar-refractivity contribution in [3.63, 3.8) is 0 Å². The monoisotopic (exact) mass is 299 g/mol. The zero-order chi connectivity index (χ0) is 12.8. The van der Waals surface area contributed by atoms with Crippen molar-refractivity contribution in [3.05, 3.63) is 28.5 Å². The van der Waals surface area contributed by atoms with Crippen molar-refractivity contribution in [1.29, 1.82) is 0 Å². The fourth-order valence-electron chi connectivity index (χ4n) is 1.22. The van der Waals surface area contributed by atoms with E-state index < -0.39 is 6.04 Å². The lowest BCUT2D eigenvalue weighted by molar-refractivity contribution is -0.122. The molecule has 0 aliphatic carbocycles. The van der Waals surface area contributed by atoms with Gasteiger partial charge in [-0.25, -0.2) is 4.98 Å². The molecule has 0 aromatic carbocycles. The second kappa shape index (κ2) is 6.34. The van der Waals surface area contributed by atoms with E-state index in [1.165, 1.54) is 6.20 Å². The number of pyridine rings is 1. The highest BCUT2D eigenvalue weighted by atomic mass is 79.9. The smallest absolute Gasteiger partial charge is 0.252 e. The van der Waals surface area contributed by atoms with E-state index in [4.69, 9.17) is 0 Å². The number of carbonyl (C=O) groups excluding carboxylic acids is 2. The van der Waals surface area contributed by atoms with Crippen molar-refractivity contribution in [2.24, 2.45) is 0 Å². The highest BCUT2D eigenvalue weighted by molar-refractivity contribution is 9.10. The number of aromatic nitrogens is 1. The average molecular weight is 300 g/mol.